The van der Waals surface area contributed by atoms with Crippen molar-refractivity contribution >= 4 is 11.8 Å². The van der Waals surface area contributed by atoms with Gasteiger partial charge in [-0.3, -0.25) is 19.4 Å². The minimum atomic E-state index is -0.0122. The molecule has 2 aliphatic heterocycles. The summed E-state index contributed by atoms with van der Waals surface area (Å²) in [6.45, 7) is 9.21. The first kappa shape index (κ1) is 39.0. The largest absolute Gasteiger partial charge is 0.497 e. The van der Waals surface area contributed by atoms with Crippen molar-refractivity contribution < 1.29 is 19.1 Å². The fraction of sp³-hybridized carbons (Fsp3) is 0.435. The zero-order valence-electron chi connectivity index (χ0n) is 32.6. The van der Waals surface area contributed by atoms with Crippen molar-refractivity contribution in [1.82, 2.24) is 19.6 Å². The maximum atomic E-state index is 14.0. The molecule has 2 aliphatic rings. The summed E-state index contributed by atoms with van der Waals surface area (Å²) in [5, 5.41) is 0. The number of amides is 2. The van der Waals surface area contributed by atoms with Crippen molar-refractivity contribution in [1.29, 1.82) is 0 Å². The van der Waals surface area contributed by atoms with E-state index in [0.29, 0.717) is 12.8 Å². The molecule has 0 radical (unpaired) electrons. The van der Waals surface area contributed by atoms with Crippen LogP contribution in [0.25, 0.3) is 0 Å². The number of hydrogen-bond acceptors (Lipinski definition) is 6. The Kier molecular flexibility index (Phi) is 13.8. The van der Waals surface area contributed by atoms with E-state index in [4.69, 9.17) is 9.47 Å². The molecule has 6 rings (SSSR count). The van der Waals surface area contributed by atoms with E-state index in [1.54, 1.807) is 14.2 Å². The van der Waals surface area contributed by atoms with Gasteiger partial charge in [0.15, 0.2) is 0 Å². The summed E-state index contributed by atoms with van der Waals surface area (Å²) in [5.74, 6) is 2.10. The molecule has 8 heteroatoms. The zero-order chi connectivity index (χ0) is 37.9. The lowest BCUT2D eigenvalue weighted by Crippen LogP contribution is -2.44. The summed E-state index contributed by atoms with van der Waals surface area (Å²) in [6, 6.07) is 37.8. The smallest absolute Gasteiger partial charge is 0.224 e. The number of unbranched alkanes of at least 4 members (excludes halogenated alkanes) is 1. The highest BCUT2D eigenvalue weighted by Crippen LogP contribution is 2.37. The Hall–Kier alpha value is -4.66. The second-order valence-electron chi connectivity index (χ2n) is 14.8. The first-order valence-electron chi connectivity index (χ1n) is 19.8. The van der Waals surface area contributed by atoms with Crippen LogP contribution in [0.4, 0.5) is 0 Å². The summed E-state index contributed by atoms with van der Waals surface area (Å²) in [7, 11) is 3.38. The number of hydrogen-bond donors (Lipinski definition) is 0. The summed E-state index contributed by atoms with van der Waals surface area (Å²) in [5.41, 5.74) is 4.79. The van der Waals surface area contributed by atoms with Gasteiger partial charge in [-0.05, 0) is 86.1 Å². The lowest BCUT2D eigenvalue weighted by molar-refractivity contribution is -0.135. The first-order chi connectivity index (χ1) is 26.4. The van der Waals surface area contributed by atoms with Crippen LogP contribution in [0, 0.1) is 0 Å². The lowest BCUT2D eigenvalue weighted by atomic mass is 9.95. The summed E-state index contributed by atoms with van der Waals surface area (Å²) < 4.78 is 10.8. The molecule has 2 amide bonds. The standard InChI is InChI=1S/C46H58N4O4/c1-35(37-19-23-41(53-3)24-20-37)49-31-13-29-47(45(51)33-43(49)39-15-7-5-8-16-39)27-11-12-28-48-30-14-32-50(36(2)38-21-25-42(54-4)26-22-38)44(34-46(48)52)40-17-9-6-10-18-40/h5-10,15-26,35-36,43-44H,11-14,27-34H2,1-4H3/t35-,36-,43+,44+/m1/s1. The van der Waals surface area contributed by atoms with Crippen LogP contribution < -0.4 is 9.47 Å². The minimum absolute atomic E-state index is 0.0122. The fourth-order valence-corrected chi connectivity index (χ4v) is 8.40. The molecular weight excluding hydrogens is 673 g/mol. The van der Waals surface area contributed by atoms with E-state index in [1.807, 2.05) is 36.4 Å². The van der Waals surface area contributed by atoms with Gasteiger partial charge in [0, 0.05) is 76.3 Å². The summed E-state index contributed by atoms with van der Waals surface area (Å²) in [6.07, 6.45) is 4.46. The fourth-order valence-electron chi connectivity index (χ4n) is 8.40. The first-order valence-corrected chi connectivity index (χ1v) is 19.8. The Labute approximate surface area is 322 Å². The number of ether oxygens (including phenoxy) is 2. The molecule has 8 nitrogen and oxygen atoms in total. The number of carbonyl (C=O) groups is 2. The Morgan fingerprint density at radius 3 is 1.26 bits per heavy atom. The van der Waals surface area contributed by atoms with E-state index in [0.717, 1.165) is 76.5 Å². The van der Waals surface area contributed by atoms with Gasteiger partial charge in [0.05, 0.1) is 14.2 Å². The number of nitrogens with zero attached hydrogens (tertiary/aromatic N) is 4. The molecule has 286 valence electrons. The summed E-state index contributed by atoms with van der Waals surface area (Å²) >= 11 is 0. The molecule has 0 bridgehead atoms. The van der Waals surface area contributed by atoms with E-state index in [-0.39, 0.29) is 36.0 Å². The van der Waals surface area contributed by atoms with Crippen molar-refractivity contribution in [2.75, 3.05) is 53.5 Å². The Balaban J connectivity index is 1.07. The zero-order valence-corrected chi connectivity index (χ0v) is 32.6. The highest BCUT2D eigenvalue weighted by molar-refractivity contribution is 5.78. The van der Waals surface area contributed by atoms with Crippen molar-refractivity contribution in [3.8, 4) is 11.5 Å². The molecule has 54 heavy (non-hydrogen) atoms. The number of methoxy groups -OCH3 is 2. The van der Waals surface area contributed by atoms with Crippen molar-refractivity contribution in [3.63, 3.8) is 0 Å². The monoisotopic (exact) mass is 730 g/mol. The highest BCUT2D eigenvalue weighted by atomic mass is 16.5. The van der Waals surface area contributed by atoms with Crippen LogP contribution in [-0.2, 0) is 9.59 Å². The molecule has 2 heterocycles. The number of rotatable bonds is 13. The third-order valence-corrected chi connectivity index (χ3v) is 11.6. The second-order valence-corrected chi connectivity index (χ2v) is 14.8. The van der Waals surface area contributed by atoms with Gasteiger partial charge < -0.3 is 19.3 Å². The second kappa shape index (κ2) is 19.1. The molecule has 0 aliphatic carbocycles. The van der Waals surface area contributed by atoms with E-state index >= 15 is 0 Å². The molecule has 4 aromatic rings. The maximum absolute atomic E-state index is 14.0. The average Bonchev–Trinajstić information content (AvgIpc) is 3.21. The van der Waals surface area contributed by atoms with Gasteiger partial charge in [0.2, 0.25) is 11.8 Å². The third kappa shape index (κ3) is 9.71. The molecule has 0 spiro atoms. The van der Waals surface area contributed by atoms with Gasteiger partial charge in [-0.25, -0.2) is 0 Å². The predicted octanol–water partition coefficient (Wildman–Crippen LogP) is 8.64. The molecule has 4 aromatic carbocycles. The van der Waals surface area contributed by atoms with Crippen molar-refractivity contribution in [2.24, 2.45) is 0 Å². The van der Waals surface area contributed by atoms with Gasteiger partial charge in [-0.2, -0.15) is 0 Å². The van der Waals surface area contributed by atoms with E-state index in [9.17, 15) is 9.59 Å². The predicted molar refractivity (Wildman–Crippen MR) is 215 cm³/mol. The maximum Gasteiger partial charge on any atom is 0.224 e. The Morgan fingerprint density at radius 2 is 0.907 bits per heavy atom. The van der Waals surface area contributed by atoms with Crippen LogP contribution in [0.5, 0.6) is 11.5 Å². The van der Waals surface area contributed by atoms with Crippen LogP contribution in [0.3, 0.4) is 0 Å². The van der Waals surface area contributed by atoms with Crippen LogP contribution in [0.2, 0.25) is 0 Å². The molecule has 4 atom stereocenters. The third-order valence-electron chi connectivity index (χ3n) is 11.6. The van der Waals surface area contributed by atoms with Crippen LogP contribution in [-0.4, -0.2) is 84.9 Å². The molecule has 2 saturated heterocycles. The molecule has 0 unspecified atom stereocenters. The van der Waals surface area contributed by atoms with Crippen LogP contribution in [0.1, 0.15) is 98.8 Å². The molecule has 2 fully saturated rings. The normalized spacial score (nSPS) is 20.4. The van der Waals surface area contributed by atoms with Gasteiger partial charge in [-0.15, -0.1) is 0 Å². The topological polar surface area (TPSA) is 65.6 Å². The lowest BCUT2D eigenvalue weighted by Gasteiger charge is -2.41. The summed E-state index contributed by atoms with van der Waals surface area (Å²) in [4.78, 5) is 37.1. The SMILES string of the molecule is COc1ccc([C@@H](C)N2CCCN(CCCCN3CCCN([C@H](C)c4ccc(OC)cc4)[C@H](c4ccccc4)CC3=O)C(=O)C[C@H]2c2ccccc2)cc1. The van der Waals surface area contributed by atoms with E-state index in [1.165, 1.54) is 22.3 Å². The van der Waals surface area contributed by atoms with Gasteiger partial charge in [0.25, 0.3) is 0 Å². The van der Waals surface area contributed by atoms with E-state index in [2.05, 4.69) is 106 Å². The molecule has 0 N–H and O–H groups in total. The van der Waals surface area contributed by atoms with Gasteiger partial charge in [0.1, 0.15) is 11.5 Å². The van der Waals surface area contributed by atoms with Crippen LogP contribution >= 0.6 is 0 Å². The van der Waals surface area contributed by atoms with Crippen molar-refractivity contribution in [2.45, 2.75) is 76.5 Å². The molecule has 0 aromatic heterocycles. The molecular formula is C46H58N4O4. The van der Waals surface area contributed by atoms with Crippen molar-refractivity contribution in [3.05, 3.63) is 131 Å². The number of carbonyl (C=O) groups excluding carboxylic acids is 2. The van der Waals surface area contributed by atoms with Gasteiger partial charge >= 0.3 is 0 Å². The number of benzene rings is 4. The Morgan fingerprint density at radius 1 is 0.537 bits per heavy atom. The quantitative estimate of drug-likeness (QED) is 0.128. The highest BCUT2D eigenvalue weighted by Gasteiger charge is 2.33. The Bertz CT molecular complexity index is 1620. The molecule has 0 saturated carbocycles. The van der Waals surface area contributed by atoms with E-state index < -0.39 is 0 Å². The van der Waals surface area contributed by atoms with Crippen LogP contribution in [0.15, 0.2) is 109 Å². The van der Waals surface area contributed by atoms with Gasteiger partial charge in [-0.1, -0.05) is 84.9 Å². The minimum Gasteiger partial charge on any atom is -0.497 e. The average molecular weight is 731 g/mol.